The maximum atomic E-state index is 13.3. The van der Waals surface area contributed by atoms with E-state index in [2.05, 4.69) is 41.6 Å². The molecule has 1 unspecified atom stereocenters. The number of imide groups is 2. The van der Waals surface area contributed by atoms with Gasteiger partial charge < -0.3 is 24.8 Å². The smallest absolute Gasteiger partial charge is 0.282 e. The van der Waals surface area contributed by atoms with E-state index in [9.17, 15) is 24.0 Å². The zero-order valence-corrected chi connectivity index (χ0v) is 34.2. The molecule has 5 aliphatic heterocycles. The maximum absolute atomic E-state index is 13.3. The molecule has 1 atom stereocenters. The number of carbonyl (C=O) groups is 5. The minimum absolute atomic E-state index is 0.0286. The zero-order valence-electron chi connectivity index (χ0n) is 32.7. The van der Waals surface area contributed by atoms with Crippen LogP contribution >= 0.6 is 22.9 Å². The van der Waals surface area contributed by atoms with Gasteiger partial charge in [-0.2, -0.15) is 5.26 Å². The Balaban J connectivity index is 0.687. The third-order valence-electron chi connectivity index (χ3n) is 13.1. The van der Waals surface area contributed by atoms with Gasteiger partial charge in [-0.15, -0.1) is 10.2 Å². The maximum Gasteiger partial charge on any atom is 0.282 e. The monoisotopic (exact) mass is 839 g/mol. The molecule has 9 rings (SSSR count). The molecule has 5 amide bonds. The number of halogens is 1. The van der Waals surface area contributed by atoms with Crippen LogP contribution in [0.25, 0.3) is 0 Å². The highest BCUT2D eigenvalue weighted by molar-refractivity contribution is 7.17. The number of aromatic nitrogens is 2. The summed E-state index contributed by atoms with van der Waals surface area (Å²) in [5.74, 6) is -0.872. The van der Waals surface area contributed by atoms with Gasteiger partial charge in [0.05, 0.1) is 27.8 Å². The van der Waals surface area contributed by atoms with Gasteiger partial charge >= 0.3 is 0 Å². The summed E-state index contributed by atoms with van der Waals surface area (Å²) < 4.78 is 6.09. The Morgan fingerprint density at radius 2 is 1.66 bits per heavy atom. The number of piperidine rings is 3. The second kappa shape index (κ2) is 16.2. The molecule has 3 aromatic rings. The molecule has 59 heavy (non-hydrogen) atoms. The lowest BCUT2D eigenvalue weighted by Crippen LogP contribution is -2.60. The van der Waals surface area contributed by atoms with Crippen molar-refractivity contribution in [2.24, 2.45) is 11.3 Å². The summed E-state index contributed by atoms with van der Waals surface area (Å²) in [5, 5.41) is 24.7. The molecule has 0 radical (unpaired) electrons. The molecule has 1 aromatic heterocycles. The van der Waals surface area contributed by atoms with Crippen LogP contribution in [0.1, 0.15) is 100 Å². The fourth-order valence-electron chi connectivity index (χ4n) is 9.66. The molecule has 2 N–H and O–H groups in total. The highest BCUT2D eigenvalue weighted by atomic mass is 35.5. The Hall–Kier alpha value is -5.11. The molecular formula is C42H46ClN9O6S. The minimum Gasteiger partial charge on any atom is -0.490 e. The second-order valence-electron chi connectivity index (χ2n) is 17.0. The summed E-state index contributed by atoms with van der Waals surface area (Å²) in [6.45, 7) is 6.79. The molecule has 1 spiro atoms. The van der Waals surface area contributed by atoms with Crippen molar-refractivity contribution in [1.29, 1.82) is 5.26 Å². The second-order valence-corrected chi connectivity index (χ2v) is 18.3. The number of benzene rings is 2. The van der Waals surface area contributed by atoms with Crippen LogP contribution in [-0.4, -0.2) is 114 Å². The number of hydrogen-bond donors (Lipinski definition) is 2. The van der Waals surface area contributed by atoms with E-state index in [1.54, 1.807) is 30.3 Å². The Bertz CT molecular complexity index is 2210. The Kier molecular flexibility index (Phi) is 10.8. The number of ether oxygens (including phenoxy) is 1. The van der Waals surface area contributed by atoms with E-state index in [1.807, 2.05) is 6.07 Å². The minimum atomic E-state index is -0.966. The molecular weight excluding hydrogens is 794 g/mol. The molecule has 6 heterocycles. The molecule has 2 aromatic carbocycles. The van der Waals surface area contributed by atoms with Crippen LogP contribution in [0.15, 0.2) is 36.4 Å². The normalized spacial score (nSPS) is 24.7. The number of fused-ring (bicyclic) bond motifs is 1. The van der Waals surface area contributed by atoms with E-state index < -0.39 is 23.8 Å². The summed E-state index contributed by atoms with van der Waals surface area (Å²) in [6, 6.07) is 11.6. The third kappa shape index (κ3) is 8.00. The van der Waals surface area contributed by atoms with Crippen molar-refractivity contribution in [3.05, 3.63) is 63.1 Å². The van der Waals surface area contributed by atoms with Crippen LogP contribution < -0.4 is 25.2 Å². The lowest BCUT2D eigenvalue weighted by atomic mass is 9.71. The number of rotatable bonds is 9. The Labute approximate surface area is 351 Å². The lowest BCUT2D eigenvalue weighted by Gasteiger charge is -2.55. The van der Waals surface area contributed by atoms with Crippen LogP contribution in [0.4, 0.5) is 10.8 Å². The van der Waals surface area contributed by atoms with Gasteiger partial charge in [0.1, 0.15) is 17.9 Å². The van der Waals surface area contributed by atoms with Gasteiger partial charge in [-0.25, -0.2) is 0 Å². The van der Waals surface area contributed by atoms with E-state index in [4.69, 9.17) is 21.6 Å². The van der Waals surface area contributed by atoms with Gasteiger partial charge in [-0.1, -0.05) is 22.9 Å². The summed E-state index contributed by atoms with van der Waals surface area (Å²) in [7, 11) is 0. The van der Waals surface area contributed by atoms with Crippen molar-refractivity contribution in [3.63, 3.8) is 0 Å². The summed E-state index contributed by atoms with van der Waals surface area (Å²) >= 11 is 7.51. The molecule has 17 heteroatoms. The topological polar surface area (TPSA) is 181 Å². The van der Waals surface area contributed by atoms with Crippen molar-refractivity contribution in [1.82, 2.24) is 30.6 Å². The predicted molar refractivity (Wildman–Crippen MR) is 219 cm³/mol. The SMILES string of the molecule is N#Cc1ccc(OC2CCC(NC(=O)c3nnc(N4CCC(CN5CCC6(CC5)CN(c5ccc7c(c5)C(=O)N(C5CCC(=O)NC5=O)C7=O)C6)CC4)s3)CC2)cc1Cl. The number of nitrogens with one attached hydrogen (secondary N) is 2. The summed E-state index contributed by atoms with van der Waals surface area (Å²) in [5.41, 5.74) is 2.20. The first-order valence-corrected chi connectivity index (χ1v) is 21.8. The third-order valence-corrected chi connectivity index (χ3v) is 14.4. The van der Waals surface area contributed by atoms with E-state index in [0.717, 1.165) is 113 Å². The predicted octanol–water partition coefficient (Wildman–Crippen LogP) is 4.40. The van der Waals surface area contributed by atoms with E-state index in [-0.39, 0.29) is 42.2 Å². The molecule has 4 saturated heterocycles. The standard InChI is InChI=1S/C42H46ClN9O6S/c43-33-20-30(5-1-26(33)21-44)58-29-6-2-27(3-7-29)45-37(55)38-47-48-41(59-38)50-15-11-25(12-16-50)22-49-17-13-42(14-18-49)23-51(24-42)28-4-8-31-32(19-28)40(57)52(39(31)56)34-9-10-35(53)46-36(34)54/h1,4-5,8,19-20,25,27,29,34H,2-3,6-7,9-18,22-24H2,(H,45,55)(H,46,53,54). The van der Waals surface area contributed by atoms with E-state index >= 15 is 0 Å². The van der Waals surface area contributed by atoms with E-state index in [1.165, 1.54) is 11.3 Å². The molecule has 0 bridgehead atoms. The van der Waals surface area contributed by atoms with Crippen molar-refractivity contribution < 1.29 is 28.7 Å². The van der Waals surface area contributed by atoms with Crippen LogP contribution in [0.5, 0.6) is 5.75 Å². The summed E-state index contributed by atoms with van der Waals surface area (Å²) in [6.07, 6.45) is 7.84. The fraction of sp³-hybridized carbons (Fsp3) is 0.524. The largest absolute Gasteiger partial charge is 0.490 e. The van der Waals surface area contributed by atoms with Crippen molar-refractivity contribution in [2.75, 3.05) is 55.6 Å². The van der Waals surface area contributed by atoms with Crippen molar-refractivity contribution in [2.45, 2.75) is 82.4 Å². The highest BCUT2D eigenvalue weighted by Gasteiger charge is 2.47. The molecule has 1 aliphatic carbocycles. The van der Waals surface area contributed by atoms with Gasteiger partial charge in [0, 0.05) is 62.4 Å². The van der Waals surface area contributed by atoms with Crippen LogP contribution in [0, 0.1) is 22.7 Å². The van der Waals surface area contributed by atoms with Gasteiger partial charge in [0.25, 0.3) is 17.7 Å². The van der Waals surface area contributed by atoms with Gasteiger partial charge in [-0.3, -0.25) is 34.2 Å². The Morgan fingerprint density at radius 3 is 2.37 bits per heavy atom. The number of nitriles is 1. The zero-order chi connectivity index (χ0) is 40.8. The number of hydrogen-bond acceptors (Lipinski definition) is 13. The number of anilines is 2. The molecule has 308 valence electrons. The molecule has 15 nitrogen and oxygen atoms in total. The Morgan fingerprint density at radius 1 is 0.915 bits per heavy atom. The molecule has 5 fully saturated rings. The van der Waals surface area contributed by atoms with Gasteiger partial charge in [0.2, 0.25) is 22.0 Å². The first kappa shape index (κ1) is 39.4. The first-order valence-electron chi connectivity index (χ1n) is 20.6. The van der Waals surface area contributed by atoms with Crippen LogP contribution in [0.3, 0.4) is 0 Å². The summed E-state index contributed by atoms with van der Waals surface area (Å²) in [4.78, 5) is 71.8. The molecule has 1 saturated carbocycles. The number of nitrogens with zero attached hydrogens (tertiary/aromatic N) is 7. The fourth-order valence-corrected chi connectivity index (χ4v) is 10.7. The van der Waals surface area contributed by atoms with Crippen LogP contribution in [-0.2, 0) is 9.59 Å². The van der Waals surface area contributed by atoms with Crippen molar-refractivity contribution in [3.8, 4) is 11.8 Å². The average molecular weight is 840 g/mol. The first-order chi connectivity index (χ1) is 28.5. The number of likely N-dealkylation sites (tertiary alicyclic amines) is 1. The van der Waals surface area contributed by atoms with Crippen LogP contribution in [0.2, 0.25) is 5.02 Å². The lowest BCUT2D eigenvalue weighted by molar-refractivity contribution is -0.136. The number of carbonyl (C=O) groups excluding carboxylic acids is 5. The average Bonchev–Trinajstić information content (AvgIpc) is 3.81. The van der Waals surface area contributed by atoms with Gasteiger partial charge in [0.15, 0.2) is 0 Å². The highest BCUT2D eigenvalue weighted by Crippen LogP contribution is 2.44. The van der Waals surface area contributed by atoms with E-state index in [0.29, 0.717) is 38.4 Å². The number of amides is 5. The molecule has 6 aliphatic rings. The van der Waals surface area contributed by atoms with Gasteiger partial charge in [-0.05, 0) is 107 Å². The van der Waals surface area contributed by atoms with Crippen molar-refractivity contribution >= 4 is 63.3 Å². The quantitative estimate of drug-likeness (QED) is 0.291.